The summed E-state index contributed by atoms with van der Waals surface area (Å²) in [5.74, 6) is -0.600. The van der Waals surface area contributed by atoms with E-state index in [0.29, 0.717) is 21.2 Å². The molecule has 3 aromatic rings. The summed E-state index contributed by atoms with van der Waals surface area (Å²) < 4.78 is 30.3. The summed E-state index contributed by atoms with van der Waals surface area (Å²) >= 11 is 12.7. The molecule has 1 saturated heterocycles. The van der Waals surface area contributed by atoms with Gasteiger partial charge in [0, 0.05) is 12.1 Å². The monoisotopic (exact) mass is 564 g/mol. The van der Waals surface area contributed by atoms with Crippen LogP contribution < -0.4 is 4.18 Å². The normalized spacial score (nSPS) is 14.9. The van der Waals surface area contributed by atoms with E-state index in [1.807, 2.05) is 0 Å². The van der Waals surface area contributed by atoms with Crippen molar-refractivity contribution < 1.29 is 27.1 Å². The Morgan fingerprint density at radius 2 is 1.75 bits per heavy atom. The molecule has 0 spiro atoms. The minimum atomic E-state index is -4.36. The Morgan fingerprint density at radius 3 is 2.47 bits per heavy atom. The second-order valence-corrected chi connectivity index (χ2v) is 10.7. The maximum absolute atomic E-state index is 12.8. The Hall–Kier alpha value is -3.38. The van der Waals surface area contributed by atoms with E-state index < -0.39 is 31.9 Å². The highest BCUT2D eigenvalue weighted by Crippen LogP contribution is 2.34. The number of benzene rings is 3. The Morgan fingerprint density at radius 1 is 1.00 bits per heavy atom. The van der Waals surface area contributed by atoms with Crippen LogP contribution >= 0.6 is 35.0 Å². The van der Waals surface area contributed by atoms with E-state index >= 15 is 0 Å². The van der Waals surface area contributed by atoms with Crippen molar-refractivity contribution in [2.24, 2.45) is 0 Å². The molecular weight excluding hydrogens is 551 g/mol. The molecule has 13 heteroatoms. The highest BCUT2D eigenvalue weighted by molar-refractivity contribution is 8.18. The standard InChI is InChI=1S/C23H14Cl2N2O7S2/c24-19-8-7-15(10-20(19)25)13-26-22(28)21(35-23(26)29)11-14-3-1-5-17(9-14)34-36(32,33)18-6-2-4-16(12-18)27(30)31/h1-12H,13H2/b21-11-. The van der Waals surface area contributed by atoms with Crippen molar-refractivity contribution in [1.29, 1.82) is 0 Å². The minimum Gasteiger partial charge on any atom is -0.379 e. The van der Waals surface area contributed by atoms with E-state index in [2.05, 4.69) is 0 Å². The van der Waals surface area contributed by atoms with Crippen LogP contribution in [0.3, 0.4) is 0 Å². The summed E-state index contributed by atoms with van der Waals surface area (Å²) in [5, 5.41) is 11.1. The van der Waals surface area contributed by atoms with Crippen LogP contribution in [-0.2, 0) is 21.5 Å². The van der Waals surface area contributed by atoms with Crippen LogP contribution in [0.25, 0.3) is 6.08 Å². The molecule has 0 bridgehead atoms. The quantitative estimate of drug-likeness (QED) is 0.150. The number of non-ortho nitro benzene ring substituents is 1. The zero-order valence-electron chi connectivity index (χ0n) is 18.0. The molecular formula is C23H14Cl2N2O7S2. The second-order valence-electron chi connectivity index (χ2n) is 7.38. The summed E-state index contributed by atoms with van der Waals surface area (Å²) in [4.78, 5) is 36.3. The molecule has 2 amide bonds. The van der Waals surface area contributed by atoms with Crippen molar-refractivity contribution in [3.8, 4) is 5.75 Å². The molecule has 4 rings (SSSR count). The SMILES string of the molecule is O=C1S/C(=C\c2cccc(OS(=O)(=O)c3cccc([N+](=O)[O-])c3)c2)C(=O)N1Cc1ccc(Cl)c(Cl)c1. The Kier molecular flexibility index (Phi) is 7.36. The van der Waals surface area contributed by atoms with Gasteiger partial charge in [-0.05, 0) is 59.3 Å². The third-order valence-electron chi connectivity index (χ3n) is 4.88. The number of rotatable bonds is 7. The summed E-state index contributed by atoms with van der Waals surface area (Å²) in [7, 11) is -4.36. The van der Waals surface area contributed by atoms with Gasteiger partial charge in [0.1, 0.15) is 10.6 Å². The van der Waals surface area contributed by atoms with Gasteiger partial charge in [0.2, 0.25) is 0 Å². The fourth-order valence-electron chi connectivity index (χ4n) is 3.19. The predicted octanol–water partition coefficient (Wildman–Crippen LogP) is 5.91. The van der Waals surface area contributed by atoms with Crippen LogP contribution in [0.4, 0.5) is 10.5 Å². The highest BCUT2D eigenvalue weighted by atomic mass is 35.5. The molecule has 184 valence electrons. The molecule has 0 radical (unpaired) electrons. The smallest absolute Gasteiger partial charge is 0.339 e. The van der Waals surface area contributed by atoms with Gasteiger partial charge < -0.3 is 4.18 Å². The maximum atomic E-state index is 12.8. The summed E-state index contributed by atoms with van der Waals surface area (Å²) in [6, 6.07) is 15.1. The molecule has 0 atom stereocenters. The Bertz CT molecular complexity index is 1540. The van der Waals surface area contributed by atoms with Gasteiger partial charge in [-0.25, -0.2) is 0 Å². The van der Waals surface area contributed by atoms with Crippen molar-refractivity contribution in [1.82, 2.24) is 4.90 Å². The van der Waals surface area contributed by atoms with E-state index in [4.69, 9.17) is 27.4 Å². The number of amides is 2. The molecule has 0 N–H and O–H groups in total. The van der Waals surface area contributed by atoms with Crippen molar-refractivity contribution in [3.05, 3.63) is 103 Å². The summed E-state index contributed by atoms with van der Waals surface area (Å²) in [6.07, 6.45) is 1.44. The largest absolute Gasteiger partial charge is 0.379 e. The maximum Gasteiger partial charge on any atom is 0.339 e. The number of nitro groups is 1. The van der Waals surface area contributed by atoms with Gasteiger partial charge in [-0.3, -0.25) is 24.6 Å². The van der Waals surface area contributed by atoms with Gasteiger partial charge >= 0.3 is 10.1 Å². The predicted molar refractivity (Wildman–Crippen MR) is 135 cm³/mol. The van der Waals surface area contributed by atoms with Crippen LogP contribution in [0, 0.1) is 10.1 Å². The van der Waals surface area contributed by atoms with Crippen molar-refractivity contribution in [2.75, 3.05) is 0 Å². The first-order valence-electron chi connectivity index (χ1n) is 10.0. The van der Waals surface area contributed by atoms with E-state index in [-0.39, 0.29) is 22.1 Å². The van der Waals surface area contributed by atoms with E-state index in [1.165, 1.54) is 36.4 Å². The van der Waals surface area contributed by atoms with Gasteiger partial charge in [0.05, 0.1) is 26.4 Å². The molecule has 1 aliphatic rings. The number of nitrogens with zero attached hydrogens (tertiary/aromatic N) is 2. The zero-order chi connectivity index (χ0) is 26.0. The van der Waals surface area contributed by atoms with Gasteiger partial charge in [0.25, 0.3) is 16.8 Å². The number of imide groups is 1. The molecule has 1 heterocycles. The number of nitro benzene ring substituents is 1. The number of thioether (sulfide) groups is 1. The molecule has 1 fully saturated rings. The fraction of sp³-hybridized carbons (Fsp3) is 0.0435. The third kappa shape index (κ3) is 5.71. The molecule has 9 nitrogen and oxygen atoms in total. The number of hydrogen-bond donors (Lipinski definition) is 0. The number of hydrogen-bond acceptors (Lipinski definition) is 8. The third-order valence-corrected chi connectivity index (χ3v) is 7.77. The lowest BCUT2D eigenvalue weighted by Crippen LogP contribution is -2.27. The number of halogens is 2. The molecule has 0 aliphatic carbocycles. The lowest BCUT2D eigenvalue weighted by atomic mass is 10.2. The highest BCUT2D eigenvalue weighted by Gasteiger charge is 2.35. The lowest BCUT2D eigenvalue weighted by molar-refractivity contribution is -0.385. The lowest BCUT2D eigenvalue weighted by Gasteiger charge is -2.13. The summed E-state index contributed by atoms with van der Waals surface area (Å²) in [5.41, 5.74) is 0.626. The van der Waals surface area contributed by atoms with Crippen LogP contribution in [0.5, 0.6) is 5.75 Å². The van der Waals surface area contributed by atoms with E-state index in [9.17, 15) is 28.1 Å². The molecule has 3 aromatic carbocycles. The van der Waals surface area contributed by atoms with Gasteiger partial charge in [-0.15, -0.1) is 0 Å². The van der Waals surface area contributed by atoms with Crippen LogP contribution in [0.2, 0.25) is 10.0 Å². The molecule has 36 heavy (non-hydrogen) atoms. The first-order chi connectivity index (χ1) is 17.0. The van der Waals surface area contributed by atoms with Gasteiger partial charge in [0.15, 0.2) is 0 Å². The number of carbonyl (C=O) groups is 2. The Balaban J connectivity index is 1.53. The van der Waals surface area contributed by atoms with Crippen molar-refractivity contribution in [3.63, 3.8) is 0 Å². The average Bonchev–Trinajstić information content (AvgIpc) is 3.08. The second kappa shape index (κ2) is 10.3. The average molecular weight is 565 g/mol. The molecule has 0 saturated carbocycles. The van der Waals surface area contributed by atoms with Crippen molar-refractivity contribution >= 4 is 68.0 Å². The summed E-state index contributed by atoms with van der Waals surface area (Å²) in [6.45, 7) is 0.00347. The topological polar surface area (TPSA) is 124 Å². The first-order valence-corrected chi connectivity index (χ1v) is 13.0. The van der Waals surface area contributed by atoms with E-state index in [0.717, 1.165) is 28.8 Å². The fourth-order valence-corrected chi connectivity index (χ4v) is 5.31. The van der Waals surface area contributed by atoms with Crippen molar-refractivity contribution in [2.45, 2.75) is 11.4 Å². The first kappa shape index (κ1) is 25.7. The van der Waals surface area contributed by atoms with Crippen LogP contribution in [0.1, 0.15) is 11.1 Å². The minimum absolute atomic E-state index is 0.00347. The van der Waals surface area contributed by atoms with Gasteiger partial charge in [-0.2, -0.15) is 8.42 Å². The molecule has 0 aromatic heterocycles. The molecule has 1 aliphatic heterocycles. The van der Waals surface area contributed by atoms with E-state index in [1.54, 1.807) is 24.3 Å². The number of carbonyl (C=O) groups excluding carboxylic acids is 2. The van der Waals surface area contributed by atoms with Crippen LogP contribution in [-0.4, -0.2) is 29.4 Å². The van der Waals surface area contributed by atoms with Gasteiger partial charge in [-0.1, -0.05) is 47.5 Å². The Labute approximate surface area is 219 Å². The zero-order valence-corrected chi connectivity index (χ0v) is 21.1. The van der Waals surface area contributed by atoms with Crippen LogP contribution in [0.15, 0.2) is 76.5 Å². The molecule has 0 unspecified atom stereocenters.